The van der Waals surface area contributed by atoms with Crippen LogP contribution in [0.3, 0.4) is 0 Å². The summed E-state index contributed by atoms with van der Waals surface area (Å²) in [6.07, 6.45) is -0.694. The maximum absolute atomic E-state index is 14.7. The van der Waals surface area contributed by atoms with Crippen LogP contribution in [0, 0.1) is 23.7 Å². The number of esters is 2. The molecule has 1 unspecified atom stereocenters. The van der Waals surface area contributed by atoms with Gasteiger partial charge in [0, 0.05) is 17.5 Å². The van der Waals surface area contributed by atoms with E-state index >= 15 is 0 Å². The SMILES string of the molecule is CCC(C)[C@H](NC(=O)[C@H](NC(=O)OCc1ccccc1)[C@H](c1ccc2c(C[C@H](C(=O)OC)C(=O)[C@@H](NC(=O)OC(C)(C)C)C(C)C)cn(C(=O)OC(C)(C)C)c2c1)C(C)C)C(=O)OC(C)(C)C. The first-order chi connectivity index (χ1) is 31.0. The average molecular weight is 935 g/mol. The van der Waals surface area contributed by atoms with Crippen LogP contribution in [-0.2, 0) is 55.9 Å². The summed E-state index contributed by atoms with van der Waals surface area (Å²) in [6, 6.07) is 10.6. The Kier molecular flexibility index (Phi) is 19.2. The van der Waals surface area contributed by atoms with E-state index in [1.54, 1.807) is 106 Å². The van der Waals surface area contributed by atoms with Crippen LogP contribution in [0.4, 0.5) is 14.4 Å². The second kappa shape index (κ2) is 23.2. The molecule has 0 radical (unpaired) electrons. The van der Waals surface area contributed by atoms with Gasteiger partial charge in [-0.05, 0) is 109 Å². The van der Waals surface area contributed by atoms with Gasteiger partial charge < -0.3 is 39.6 Å². The van der Waals surface area contributed by atoms with Crippen molar-refractivity contribution in [3.8, 4) is 0 Å². The van der Waals surface area contributed by atoms with E-state index in [0.29, 0.717) is 28.5 Å². The quantitative estimate of drug-likeness (QED) is 0.0622. The van der Waals surface area contributed by atoms with Crippen molar-refractivity contribution in [1.82, 2.24) is 20.5 Å². The Labute approximate surface area is 395 Å². The van der Waals surface area contributed by atoms with E-state index in [-0.39, 0.29) is 24.9 Å². The summed E-state index contributed by atoms with van der Waals surface area (Å²) in [7, 11) is 1.16. The van der Waals surface area contributed by atoms with Crippen LogP contribution in [0.15, 0.2) is 54.7 Å². The molecule has 1 aromatic heterocycles. The molecule has 6 atom stereocenters. The molecule has 3 rings (SSSR count). The van der Waals surface area contributed by atoms with Crippen LogP contribution >= 0.6 is 0 Å². The third kappa shape index (κ3) is 16.4. The van der Waals surface area contributed by atoms with Crippen molar-refractivity contribution < 1.29 is 57.2 Å². The molecule has 0 aliphatic carbocycles. The fraction of sp³-hybridized carbons (Fsp3) is 0.588. The monoisotopic (exact) mass is 935 g/mol. The maximum atomic E-state index is 14.7. The fourth-order valence-corrected chi connectivity index (χ4v) is 7.48. The number of ether oxygens (including phenoxy) is 5. The molecule has 1 heterocycles. The number of alkyl carbamates (subject to hydrolysis) is 2. The first kappa shape index (κ1) is 55.4. The van der Waals surface area contributed by atoms with E-state index in [0.717, 1.165) is 12.7 Å². The Hall–Kier alpha value is -5.93. The molecular weight excluding hydrogens is 861 g/mol. The fourth-order valence-electron chi connectivity index (χ4n) is 7.48. The molecule has 0 aliphatic rings. The lowest BCUT2D eigenvalue weighted by Crippen LogP contribution is -2.56. The van der Waals surface area contributed by atoms with Gasteiger partial charge in [0.05, 0.1) is 18.7 Å². The minimum atomic E-state index is -1.42. The number of methoxy groups -OCH3 is 1. The summed E-state index contributed by atoms with van der Waals surface area (Å²) >= 11 is 0. The minimum absolute atomic E-state index is 0.0804. The van der Waals surface area contributed by atoms with Gasteiger partial charge in [-0.15, -0.1) is 0 Å². The van der Waals surface area contributed by atoms with Crippen molar-refractivity contribution in [2.45, 2.75) is 164 Å². The highest BCUT2D eigenvalue weighted by Crippen LogP contribution is 2.35. The molecule has 67 heavy (non-hydrogen) atoms. The number of Topliss-reactive ketones (excluding diaryl/α,β-unsaturated/α-hetero) is 1. The predicted octanol–water partition coefficient (Wildman–Crippen LogP) is 8.78. The zero-order valence-corrected chi connectivity index (χ0v) is 42.3. The van der Waals surface area contributed by atoms with Crippen molar-refractivity contribution >= 4 is 52.8 Å². The van der Waals surface area contributed by atoms with Crippen molar-refractivity contribution in [2.75, 3.05) is 7.11 Å². The first-order valence-electron chi connectivity index (χ1n) is 23.0. The van der Waals surface area contributed by atoms with E-state index in [4.69, 9.17) is 23.7 Å². The molecular formula is C51H74N4O12. The van der Waals surface area contributed by atoms with Crippen LogP contribution in [-0.4, -0.2) is 88.5 Å². The molecule has 0 spiro atoms. The number of benzene rings is 2. The maximum Gasteiger partial charge on any atom is 0.419 e. The second-order valence-electron chi connectivity index (χ2n) is 20.7. The van der Waals surface area contributed by atoms with Crippen LogP contribution < -0.4 is 16.0 Å². The third-order valence-electron chi connectivity index (χ3n) is 10.8. The molecule has 0 aliphatic heterocycles. The van der Waals surface area contributed by atoms with E-state index < -0.39 is 94.6 Å². The average Bonchev–Trinajstić information content (AvgIpc) is 3.57. The number of amides is 3. The van der Waals surface area contributed by atoms with E-state index in [1.165, 1.54) is 10.8 Å². The van der Waals surface area contributed by atoms with Gasteiger partial charge in [-0.3, -0.25) is 19.0 Å². The third-order valence-corrected chi connectivity index (χ3v) is 10.8. The molecule has 0 saturated heterocycles. The van der Waals surface area contributed by atoms with Gasteiger partial charge in [0.15, 0.2) is 5.78 Å². The topological polar surface area (TPSA) is 207 Å². The highest BCUT2D eigenvalue weighted by molar-refractivity contribution is 6.04. The number of ketones is 1. The minimum Gasteiger partial charge on any atom is -0.468 e. The molecule has 3 amide bonds. The molecule has 0 bridgehead atoms. The van der Waals surface area contributed by atoms with Crippen molar-refractivity contribution in [2.24, 2.45) is 23.7 Å². The molecule has 3 aromatic rings. The number of carbonyl (C=O) groups is 7. The van der Waals surface area contributed by atoms with Gasteiger partial charge in [-0.2, -0.15) is 0 Å². The van der Waals surface area contributed by atoms with Gasteiger partial charge in [0.2, 0.25) is 5.91 Å². The van der Waals surface area contributed by atoms with Gasteiger partial charge in [0.1, 0.15) is 41.4 Å². The summed E-state index contributed by atoms with van der Waals surface area (Å²) in [4.78, 5) is 96.7. The van der Waals surface area contributed by atoms with Crippen molar-refractivity contribution in [3.63, 3.8) is 0 Å². The summed E-state index contributed by atoms with van der Waals surface area (Å²) in [5.74, 6) is -6.16. The van der Waals surface area contributed by atoms with Crippen LogP contribution in [0.2, 0.25) is 0 Å². The standard InChI is InChI=1S/C51H74N4O12/c1-17-31(6)40(45(59)65-49(7,8)9)52-43(57)41(54-46(60)64-28-32-21-19-18-20-22-32)38(29(2)3)33-23-24-35-34(27-55(37(35)26-33)48(62)67-51(13,14)15)25-36(44(58)63-16)42(56)39(30(4)5)53-47(61)66-50(10,11)12/h18-24,26-27,29-31,36,38-41H,17,25,28H2,1-16H3,(H,52,57)(H,53,61)(H,54,60)/t31?,36-,38-,39-,40-,41+/m0/s1. The lowest BCUT2D eigenvalue weighted by molar-refractivity contribution is -0.160. The highest BCUT2D eigenvalue weighted by atomic mass is 16.6. The normalized spacial score (nSPS) is 14.8. The number of hydrogen-bond acceptors (Lipinski definition) is 12. The van der Waals surface area contributed by atoms with Gasteiger partial charge in [-0.25, -0.2) is 19.2 Å². The van der Waals surface area contributed by atoms with Gasteiger partial charge >= 0.3 is 30.2 Å². The second-order valence-corrected chi connectivity index (χ2v) is 20.7. The molecule has 2 aromatic carbocycles. The Morgan fingerprint density at radius 2 is 1.24 bits per heavy atom. The van der Waals surface area contributed by atoms with Crippen LogP contribution in [0.1, 0.15) is 133 Å². The number of nitrogens with zero attached hydrogens (tertiary/aromatic N) is 1. The zero-order valence-electron chi connectivity index (χ0n) is 42.3. The molecule has 3 N–H and O–H groups in total. The Balaban J connectivity index is 2.25. The summed E-state index contributed by atoms with van der Waals surface area (Å²) < 4.78 is 29.0. The van der Waals surface area contributed by atoms with Crippen molar-refractivity contribution in [1.29, 1.82) is 0 Å². The zero-order chi connectivity index (χ0) is 50.8. The smallest absolute Gasteiger partial charge is 0.419 e. The number of fused-ring (bicyclic) bond motifs is 1. The van der Waals surface area contributed by atoms with Crippen molar-refractivity contribution in [3.05, 3.63) is 71.4 Å². The van der Waals surface area contributed by atoms with Gasteiger partial charge in [0.25, 0.3) is 0 Å². The summed E-state index contributed by atoms with van der Waals surface area (Å²) in [5, 5.41) is 8.77. The number of nitrogens with one attached hydrogen (secondary N) is 3. The van der Waals surface area contributed by atoms with E-state index in [9.17, 15) is 33.6 Å². The number of aromatic nitrogens is 1. The van der Waals surface area contributed by atoms with Gasteiger partial charge in [-0.1, -0.05) is 90.4 Å². The first-order valence-corrected chi connectivity index (χ1v) is 23.0. The molecule has 16 heteroatoms. The predicted molar refractivity (Wildman–Crippen MR) is 254 cm³/mol. The largest absolute Gasteiger partial charge is 0.468 e. The van der Waals surface area contributed by atoms with Crippen LogP contribution in [0.5, 0.6) is 0 Å². The summed E-state index contributed by atoms with van der Waals surface area (Å²) in [6.45, 7) is 26.2. The Morgan fingerprint density at radius 1 is 0.657 bits per heavy atom. The van der Waals surface area contributed by atoms with E-state index in [2.05, 4.69) is 16.0 Å². The number of rotatable bonds is 18. The molecule has 0 saturated carbocycles. The van der Waals surface area contributed by atoms with Crippen LogP contribution in [0.25, 0.3) is 10.9 Å². The number of hydrogen-bond donors (Lipinski definition) is 3. The molecule has 0 fully saturated rings. The summed E-state index contributed by atoms with van der Waals surface area (Å²) in [5.41, 5.74) is -0.673. The molecule has 16 nitrogen and oxygen atoms in total. The Morgan fingerprint density at radius 3 is 1.76 bits per heavy atom. The highest BCUT2D eigenvalue weighted by Gasteiger charge is 2.40. The lowest BCUT2D eigenvalue weighted by atomic mass is 9.81. The molecule has 370 valence electrons. The Bertz CT molecular complexity index is 2210. The van der Waals surface area contributed by atoms with E-state index in [1.807, 2.05) is 45.9 Å². The lowest BCUT2D eigenvalue weighted by Gasteiger charge is -2.33. The number of carbonyl (C=O) groups excluding carboxylic acids is 7.